The van der Waals surface area contributed by atoms with Crippen LogP contribution in [-0.2, 0) is 0 Å². The van der Waals surface area contributed by atoms with Gasteiger partial charge in [0.25, 0.3) is 0 Å². The summed E-state index contributed by atoms with van der Waals surface area (Å²) >= 11 is 0. The van der Waals surface area contributed by atoms with Crippen LogP contribution in [0.1, 0.15) is 32.1 Å². The summed E-state index contributed by atoms with van der Waals surface area (Å²) in [6, 6.07) is 0.804. The normalized spacial score (nSPS) is 29.5. The summed E-state index contributed by atoms with van der Waals surface area (Å²) in [5.41, 5.74) is 0. The van der Waals surface area contributed by atoms with E-state index in [4.69, 9.17) is 0 Å². The first-order chi connectivity index (χ1) is 5.47. The molecule has 1 aliphatic carbocycles. The van der Waals surface area contributed by atoms with Crippen molar-refractivity contribution in [2.75, 3.05) is 13.1 Å². The first kappa shape index (κ1) is 7.56. The van der Waals surface area contributed by atoms with E-state index in [0.717, 1.165) is 12.6 Å². The molecule has 2 radical (unpaired) electrons. The van der Waals surface area contributed by atoms with Gasteiger partial charge >= 0.3 is 0 Å². The molecule has 2 nitrogen and oxygen atoms in total. The van der Waals surface area contributed by atoms with E-state index in [1.54, 1.807) is 0 Å². The van der Waals surface area contributed by atoms with Gasteiger partial charge in [-0.25, -0.2) is 0 Å². The molecular formula is C9H16N2. The summed E-state index contributed by atoms with van der Waals surface area (Å²) in [5.74, 6) is 0. The van der Waals surface area contributed by atoms with E-state index < -0.39 is 0 Å². The lowest BCUT2D eigenvalue weighted by Gasteiger charge is -2.29. The Morgan fingerprint density at radius 2 is 2.00 bits per heavy atom. The minimum atomic E-state index is 0.804. The van der Waals surface area contributed by atoms with Crippen LogP contribution in [0.15, 0.2) is 0 Å². The van der Waals surface area contributed by atoms with Crippen LogP contribution in [0.5, 0.6) is 0 Å². The summed E-state index contributed by atoms with van der Waals surface area (Å²) < 4.78 is 0. The average molecular weight is 152 g/mol. The van der Waals surface area contributed by atoms with Crippen LogP contribution in [0.3, 0.4) is 0 Å². The molecule has 2 rings (SSSR count). The van der Waals surface area contributed by atoms with E-state index in [1.807, 2.05) is 0 Å². The third kappa shape index (κ3) is 1.74. The molecule has 2 heteroatoms. The molecule has 0 bridgehead atoms. The molecular weight excluding hydrogens is 136 g/mol. The lowest BCUT2D eigenvalue weighted by molar-refractivity contribution is 0.219. The zero-order valence-electron chi connectivity index (χ0n) is 6.97. The Labute approximate surface area is 69.0 Å². The SMILES string of the molecule is [C]1NCCN1C1CCCCC1. The molecule has 62 valence electrons. The molecule has 0 spiro atoms. The van der Waals surface area contributed by atoms with Crippen LogP contribution in [0, 0.1) is 6.67 Å². The van der Waals surface area contributed by atoms with E-state index in [2.05, 4.69) is 16.9 Å². The largest absolute Gasteiger partial charge is 0.292 e. The Morgan fingerprint density at radius 1 is 1.18 bits per heavy atom. The Hall–Kier alpha value is -0.0800. The van der Waals surface area contributed by atoms with Gasteiger partial charge in [-0.3, -0.25) is 10.2 Å². The maximum absolute atomic E-state index is 3.21. The molecule has 1 heterocycles. The van der Waals surface area contributed by atoms with Gasteiger partial charge in [0.1, 0.15) is 6.67 Å². The second-order valence-electron chi connectivity index (χ2n) is 3.52. The molecule has 0 amide bonds. The number of nitrogens with one attached hydrogen (secondary N) is 1. The first-order valence-corrected chi connectivity index (χ1v) is 4.72. The van der Waals surface area contributed by atoms with Crippen LogP contribution in [-0.4, -0.2) is 24.0 Å². The van der Waals surface area contributed by atoms with Crippen molar-refractivity contribution in [3.8, 4) is 0 Å². The molecule has 1 saturated carbocycles. The molecule has 0 aromatic rings. The standard InChI is InChI=1S/C9H16N2/c1-2-4-9(5-3-1)11-7-6-10-8-11/h9-10H,1-7H2. The predicted molar refractivity (Wildman–Crippen MR) is 44.8 cm³/mol. The monoisotopic (exact) mass is 152 g/mol. The molecule has 1 saturated heterocycles. The van der Waals surface area contributed by atoms with Gasteiger partial charge in [-0.05, 0) is 12.8 Å². The highest BCUT2D eigenvalue weighted by Gasteiger charge is 2.23. The summed E-state index contributed by atoms with van der Waals surface area (Å²) in [4.78, 5) is 2.36. The van der Waals surface area contributed by atoms with Crippen LogP contribution in [0.4, 0.5) is 0 Å². The third-order valence-corrected chi connectivity index (χ3v) is 2.72. The van der Waals surface area contributed by atoms with Gasteiger partial charge in [-0.1, -0.05) is 19.3 Å². The fourth-order valence-corrected chi connectivity index (χ4v) is 2.06. The molecule has 11 heavy (non-hydrogen) atoms. The van der Waals surface area contributed by atoms with E-state index in [-0.39, 0.29) is 0 Å². The maximum Gasteiger partial charge on any atom is 0.143 e. The fourth-order valence-electron chi connectivity index (χ4n) is 2.06. The minimum absolute atomic E-state index is 0.804. The van der Waals surface area contributed by atoms with Gasteiger partial charge in [0.05, 0.1) is 0 Å². The fraction of sp³-hybridized carbons (Fsp3) is 0.889. The lowest BCUT2D eigenvalue weighted by Crippen LogP contribution is -2.32. The van der Waals surface area contributed by atoms with Gasteiger partial charge < -0.3 is 0 Å². The Kier molecular flexibility index (Phi) is 2.44. The number of hydrogen-bond donors (Lipinski definition) is 1. The maximum atomic E-state index is 3.21. The van der Waals surface area contributed by atoms with Crippen LogP contribution < -0.4 is 5.32 Å². The zero-order chi connectivity index (χ0) is 7.52. The Bertz CT molecular complexity index is 113. The zero-order valence-corrected chi connectivity index (χ0v) is 6.97. The van der Waals surface area contributed by atoms with E-state index >= 15 is 0 Å². The summed E-state index contributed by atoms with van der Waals surface area (Å²) in [6.45, 7) is 5.47. The van der Waals surface area contributed by atoms with Crippen molar-refractivity contribution in [3.63, 3.8) is 0 Å². The molecule has 0 aromatic heterocycles. The van der Waals surface area contributed by atoms with E-state index in [1.165, 1.54) is 38.6 Å². The third-order valence-electron chi connectivity index (χ3n) is 2.72. The highest BCUT2D eigenvalue weighted by atomic mass is 15.3. The molecule has 0 aromatic carbocycles. The van der Waals surface area contributed by atoms with Gasteiger partial charge in [0.15, 0.2) is 0 Å². The Balaban J connectivity index is 1.82. The number of nitrogens with zero attached hydrogens (tertiary/aromatic N) is 1. The van der Waals surface area contributed by atoms with E-state index in [9.17, 15) is 0 Å². The van der Waals surface area contributed by atoms with Crippen molar-refractivity contribution < 1.29 is 0 Å². The smallest absolute Gasteiger partial charge is 0.143 e. The Morgan fingerprint density at radius 3 is 2.64 bits per heavy atom. The molecule has 0 atom stereocenters. The van der Waals surface area contributed by atoms with Crippen molar-refractivity contribution >= 4 is 0 Å². The van der Waals surface area contributed by atoms with Crippen LogP contribution in [0.2, 0.25) is 0 Å². The first-order valence-electron chi connectivity index (χ1n) is 4.72. The van der Waals surface area contributed by atoms with Gasteiger partial charge in [-0.15, -0.1) is 0 Å². The molecule has 1 N–H and O–H groups in total. The summed E-state index contributed by atoms with van der Waals surface area (Å²) in [5, 5.41) is 3.15. The summed E-state index contributed by atoms with van der Waals surface area (Å²) in [6.07, 6.45) is 7.05. The van der Waals surface area contributed by atoms with Crippen LogP contribution >= 0.6 is 0 Å². The van der Waals surface area contributed by atoms with Gasteiger partial charge in [-0.2, -0.15) is 0 Å². The molecule has 2 fully saturated rings. The second kappa shape index (κ2) is 3.55. The lowest BCUT2D eigenvalue weighted by atomic mass is 9.94. The molecule has 1 aliphatic heterocycles. The van der Waals surface area contributed by atoms with Crippen molar-refractivity contribution in [2.24, 2.45) is 0 Å². The number of rotatable bonds is 1. The van der Waals surface area contributed by atoms with Crippen molar-refractivity contribution in [3.05, 3.63) is 6.67 Å². The quantitative estimate of drug-likeness (QED) is 0.607. The van der Waals surface area contributed by atoms with Crippen molar-refractivity contribution in [2.45, 2.75) is 38.1 Å². The topological polar surface area (TPSA) is 15.3 Å². The highest BCUT2D eigenvalue weighted by molar-refractivity contribution is 4.84. The molecule has 2 aliphatic rings. The number of hydrogen-bond acceptors (Lipinski definition) is 2. The minimum Gasteiger partial charge on any atom is -0.292 e. The van der Waals surface area contributed by atoms with Gasteiger partial charge in [0.2, 0.25) is 0 Å². The predicted octanol–water partition coefficient (Wildman–Crippen LogP) is 1.22. The average Bonchev–Trinajstić information content (AvgIpc) is 2.58. The van der Waals surface area contributed by atoms with Crippen molar-refractivity contribution in [1.82, 2.24) is 10.2 Å². The van der Waals surface area contributed by atoms with Crippen LogP contribution in [0.25, 0.3) is 0 Å². The highest BCUT2D eigenvalue weighted by Crippen LogP contribution is 2.23. The summed E-state index contributed by atoms with van der Waals surface area (Å²) in [7, 11) is 0. The van der Waals surface area contributed by atoms with E-state index in [0.29, 0.717) is 0 Å². The van der Waals surface area contributed by atoms with Gasteiger partial charge in [0, 0.05) is 19.1 Å². The second-order valence-corrected chi connectivity index (χ2v) is 3.52. The van der Waals surface area contributed by atoms with Crippen molar-refractivity contribution in [1.29, 1.82) is 0 Å². The molecule has 0 unspecified atom stereocenters.